The second-order valence-electron chi connectivity index (χ2n) is 4.13. The van der Waals surface area contributed by atoms with Crippen molar-refractivity contribution in [3.05, 3.63) is 0 Å². The van der Waals surface area contributed by atoms with Crippen LogP contribution in [0.25, 0.3) is 0 Å². The van der Waals surface area contributed by atoms with E-state index in [9.17, 15) is 13.8 Å². The summed E-state index contributed by atoms with van der Waals surface area (Å²) in [5, 5.41) is 11.0. The molecule has 0 aliphatic heterocycles. The molecule has 0 aromatic carbocycles. The lowest BCUT2D eigenvalue weighted by atomic mass is 10.3. The Hall–Kier alpha value is -0.950. The fourth-order valence-electron chi connectivity index (χ4n) is 1.25. The first-order valence-corrected chi connectivity index (χ1v) is 6.90. The average molecular weight is 263 g/mol. The highest BCUT2D eigenvalue weighted by molar-refractivity contribution is 7.84. The van der Waals surface area contributed by atoms with E-state index >= 15 is 0 Å². The monoisotopic (exact) mass is 263 g/mol. The molecule has 0 aromatic rings. The minimum Gasteiger partial charge on any atom is -0.480 e. The highest BCUT2D eigenvalue weighted by Gasteiger charge is 2.23. The van der Waals surface area contributed by atoms with Crippen LogP contribution in [0.5, 0.6) is 0 Å². The average Bonchev–Trinajstić information content (AvgIpc) is 2.99. The van der Waals surface area contributed by atoms with Gasteiger partial charge in [-0.2, -0.15) is 0 Å². The van der Waals surface area contributed by atoms with Gasteiger partial charge < -0.3 is 15.2 Å². The Kier molecular flexibility index (Phi) is 5.57. The zero-order valence-corrected chi connectivity index (χ0v) is 10.5. The number of carboxylic acid groups (broad SMARTS) is 1. The maximum absolute atomic E-state index is 11.5. The molecule has 0 aromatic heterocycles. The first-order valence-electron chi connectivity index (χ1n) is 5.41. The molecule has 7 heteroatoms. The summed E-state index contributed by atoms with van der Waals surface area (Å²) < 4.78 is 16.7. The third-order valence-electron chi connectivity index (χ3n) is 2.29. The molecule has 0 radical (unpaired) electrons. The van der Waals surface area contributed by atoms with Crippen LogP contribution in [-0.4, -0.2) is 45.5 Å². The van der Waals surface area contributed by atoms with Crippen molar-refractivity contribution < 1.29 is 23.6 Å². The van der Waals surface area contributed by atoms with E-state index in [1.165, 1.54) is 6.92 Å². The second kappa shape index (κ2) is 6.70. The molecule has 6 nitrogen and oxygen atoms in total. The van der Waals surface area contributed by atoms with E-state index in [0.29, 0.717) is 12.5 Å². The van der Waals surface area contributed by atoms with Gasteiger partial charge in [0.2, 0.25) is 5.91 Å². The topological polar surface area (TPSA) is 92.7 Å². The number of amides is 1. The Bertz CT molecular complexity index is 316. The van der Waals surface area contributed by atoms with Crippen LogP contribution >= 0.6 is 0 Å². The summed E-state index contributed by atoms with van der Waals surface area (Å²) in [6, 6.07) is -1.11. The molecule has 0 saturated heterocycles. The Morgan fingerprint density at radius 3 is 2.65 bits per heavy atom. The summed E-state index contributed by atoms with van der Waals surface area (Å²) in [4.78, 5) is 21.5. The van der Waals surface area contributed by atoms with Gasteiger partial charge in [0.25, 0.3) is 0 Å². The second-order valence-corrected chi connectivity index (χ2v) is 5.58. The van der Waals surface area contributed by atoms with Crippen LogP contribution in [0.4, 0.5) is 0 Å². The maximum atomic E-state index is 11.5. The van der Waals surface area contributed by atoms with Gasteiger partial charge in [-0.1, -0.05) is 0 Å². The number of aliphatic carboxylic acids is 1. The predicted octanol–water partition coefficient (Wildman–Crippen LogP) is -0.292. The third-order valence-corrected chi connectivity index (χ3v) is 3.43. The van der Waals surface area contributed by atoms with E-state index < -0.39 is 28.7 Å². The van der Waals surface area contributed by atoms with Crippen LogP contribution < -0.4 is 5.32 Å². The molecule has 1 aliphatic carbocycles. The van der Waals surface area contributed by atoms with Gasteiger partial charge in [-0.05, 0) is 18.8 Å². The highest BCUT2D eigenvalue weighted by Crippen LogP contribution is 2.28. The van der Waals surface area contributed by atoms with Crippen molar-refractivity contribution >= 4 is 22.7 Å². The molecule has 0 bridgehead atoms. The molecule has 1 amide bonds. The Balaban J connectivity index is 2.24. The summed E-state index contributed by atoms with van der Waals surface area (Å²) in [7, 11) is -1.39. The number of carbonyl (C=O) groups is 2. The molecule has 98 valence electrons. The summed E-state index contributed by atoms with van der Waals surface area (Å²) in [6.07, 6.45) is 2.30. The quantitative estimate of drug-likeness (QED) is 0.627. The molecule has 1 rings (SSSR count). The molecule has 2 atom stereocenters. The molecular weight excluding hydrogens is 246 g/mol. The molecule has 1 aliphatic rings. The van der Waals surface area contributed by atoms with E-state index in [1.54, 1.807) is 0 Å². The van der Waals surface area contributed by atoms with E-state index in [2.05, 4.69) is 5.32 Å². The zero-order valence-electron chi connectivity index (χ0n) is 9.68. The summed E-state index contributed by atoms with van der Waals surface area (Å²) in [6.45, 7) is 1.81. The van der Waals surface area contributed by atoms with Crippen LogP contribution in [0.1, 0.15) is 19.8 Å². The predicted molar refractivity (Wildman–Crippen MR) is 61.8 cm³/mol. The van der Waals surface area contributed by atoms with Crippen molar-refractivity contribution in [2.24, 2.45) is 5.92 Å². The van der Waals surface area contributed by atoms with Gasteiger partial charge in [0.15, 0.2) is 0 Å². The molecular formula is C10H17NO5S. The number of nitrogens with one attached hydrogen (secondary N) is 1. The fourth-order valence-corrected chi connectivity index (χ4v) is 2.22. The minimum atomic E-state index is -1.39. The third kappa shape index (κ3) is 6.38. The zero-order chi connectivity index (χ0) is 12.8. The van der Waals surface area contributed by atoms with E-state index in [0.717, 1.165) is 12.8 Å². The van der Waals surface area contributed by atoms with Crippen molar-refractivity contribution in [2.45, 2.75) is 25.8 Å². The lowest BCUT2D eigenvalue weighted by Crippen LogP contribution is -2.43. The fraction of sp³-hybridized carbons (Fsp3) is 0.800. The Morgan fingerprint density at radius 1 is 1.53 bits per heavy atom. The summed E-state index contributed by atoms with van der Waals surface area (Å²) in [5.74, 6) is -1.15. The van der Waals surface area contributed by atoms with Crippen LogP contribution in [0.15, 0.2) is 0 Å². The van der Waals surface area contributed by atoms with Crippen LogP contribution in [0, 0.1) is 5.92 Å². The van der Waals surface area contributed by atoms with E-state index in [1.807, 2.05) is 0 Å². The number of rotatable bonds is 8. The number of carboxylic acids is 1. The van der Waals surface area contributed by atoms with Crippen molar-refractivity contribution in [3.8, 4) is 0 Å². The molecule has 17 heavy (non-hydrogen) atoms. The van der Waals surface area contributed by atoms with Crippen molar-refractivity contribution in [2.75, 3.05) is 18.3 Å². The highest BCUT2D eigenvalue weighted by atomic mass is 32.2. The van der Waals surface area contributed by atoms with E-state index in [4.69, 9.17) is 9.84 Å². The van der Waals surface area contributed by atoms with Gasteiger partial charge in [-0.3, -0.25) is 9.00 Å². The van der Waals surface area contributed by atoms with E-state index in [-0.39, 0.29) is 11.7 Å². The molecule has 2 unspecified atom stereocenters. The Morgan fingerprint density at radius 2 is 2.18 bits per heavy atom. The molecule has 1 saturated carbocycles. The number of ether oxygens (including phenoxy) is 1. The summed E-state index contributed by atoms with van der Waals surface area (Å²) in [5.41, 5.74) is 0. The molecule has 0 spiro atoms. The smallest absolute Gasteiger partial charge is 0.327 e. The molecule has 2 N–H and O–H groups in total. The van der Waals surface area contributed by atoms with Crippen LogP contribution in [0.3, 0.4) is 0 Å². The van der Waals surface area contributed by atoms with Crippen molar-refractivity contribution in [1.82, 2.24) is 5.32 Å². The summed E-state index contributed by atoms with van der Waals surface area (Å²) >= 11 is 0. The number of hydrogen-bond acceptors (Lipinski definition) is 4. The van der Waals surface area contributed by atoms with Gasteiger partial charge in [0.1, 0.15) is 12.0 Å². The van der Waals surface area contributed by atoms with Gasteiger partial charge >= 0.3 is 5.97 Å². The van der Waals surface area contributed by atoms with Crippen LogP contribution in [-0.2, 0) is 25.1 Å². The van der Waals surface area contributed by atoms with Crippen molar-refractivity contribution in [1.29, 1.82) is 0 Å². The Labute approximate surface area is 102 Å². The van der Waals surface area contributed by atoms with Crippen molar-refractivity contribution in [3.63, 3.8) is 0 Å². The largest absolute Gasteiger partial charge is 0.480 e. The van der Waals surface area contributed by atoms with Gasteiger partial charge in [-0.15, -0.1) is 0 Å². The normalized spacial score (nSPS) is 18.4. The van der Waals surface area contributed by atoms with Gasteiger partial charge in [-0.25, -0.2) is 4.79 Å². The SMILES string of the molecule is CC(=O)NC(CS(=O)COCC1CC1)C(=O)O. The first kappa shape index (κ1) is 14.1. The van der Waals surface area contributed by atoms with Gasteiger partial charge in [0.05, 0.1) is 23.2 Å². The molecule has 0 heterocycles. The van der Waals surface area contributed by atoms with Crippen LogP contribution in [0.2, 0.25) is 0 Å². The minimum absolute atomic E-state index is 0.0276. The lowest BCUT2D eigenvalue weighted by molar-refractivity contribution is -0.140. The lowest BCUT2D eigenvalue weighted by Gasteiger charge is -2.12. The number of hydrogen-bond donors (Lipinski definition) is 2. The maximum Gasteiger partial charge on any atom is 0.327 e. The number of carbonyl (C=O) groups excluding carboxylic acids is 1. The first-order chi connectivity index (χ1) is 7.99. The molecule has 1 fully saturated rings. The standard InChI is InChI=1S/C10H17NO5S/c1-7(12)11-9(10(13)14)5-17(15)6-16-4-8-2-3-8/h8-9H,2-6H2,1H3,(H,11,12)(H,13,14). The van der Waals surface area contributed by atoms with Gasteiger partial charge in [0, 0.05) is 6.92 Å².